The summed E-state index contributed by atoms with van der Waals surface area (Å²) in [6.45, 7) is 0.473. The summed E-state index contributed by atoms with van der Waals surface area (Å²) >= 11 is 0. The van der Waals surface area contributed by atoms with Crippen molar-refractivity contribution in [3.05, 3.63) is 59.9 Å². The lowest BCUT2D eigenvalue weighted by atomic mass is 10.1. The molecule has 1 N–H and O–H groups in total. The van der Waals surface area contributed by atoms with Gasteiger partial charge in [0.15, 0.2) is 0 Å². The van der Waals surface area contributed by atoms with Crippen LogP contribution in [0.15, 0.2) is 48.8 Å². The van der Waals surface area contributed by atoms with Gasteiger partial charge < -0.3 is 9.84 Å². The maximum Gasteiger partial charge on any atom is 0.307 e. The monoisotopic (exact) mass is 243 g/mol. The second-order valence-electron chi connectivity index (χ2n) is 3.86. The third kappa shape index (κ3) is 3.59. The lowest BCUT2D eigenvalue weighted by Crippen LogP contribution is -2.00. The molecular formula is C14H13NO3. The van der Waals surface area contributed by atoms with E-state index >= 15 is 0 Å². The van der Waals surface area contributed by atoms with Gasteiger partial charge in [0.05, 0.1) is 6.42 Å². The number of aliphatic carboxylic acids is 1. The number of rotatable bonds is 5. The molecule has 0 fully saturated rings. The topological polar surface area (TPSA) is 59.4 Å². The van der Waals surface area contributed by atoms with Crippen molar-refractivity contribution in [1.29, 1.82) is 0 Å². The lowest BCUT2D eigenvalue weighted by molar-refractivity contribution is -0.136. The Labute approximate surface area is 105 Å². The zero-order chi connectivity index (χ0) is 12.8. The number of ether oxygens (including phenoxy) is 1. The molecule has 0 amide bonds. The molecule has 0 saturated heterocycles. The average molecular weight is 243 g/mol. The molecule has 0 aliphatic rings. The number of carboxylic acids is 1. The Morgan fingerprint density at radius 1 is 1.06 bits per heavy atom. The smallest absolute Gasteiger partial charge is 0.307 e. The lowest BCUT2D eigenvalue weighted by Gasteiger charge is -2.06. The highest BCUT2D eigenvalue weighted by Gasteiger charge is 2.01. The number of carbonyl (C=O) groups is 1. The first-order chi connectivity index (χ1) is 8.74. The highest BCUT2D eigenvalue weighted by Crippen LogP contribution is 2.14. The third-order valence-corrected chi connectivity index (χ3v) is 2.43. The first-order valence-corrected chi connectivity index (χ1v) is 5.56. The second-order valence-corrected chi connectivity index (χ2v) is 3.86. The highest BCUT2D eigenvalue weighted by molar-refractivity contribution is 5.70. The molecule has 0 unspecified atom stereocenters. The van der Waals surface area contributed by atoms with Crippen molar-refractivity contribution in [1.82, 2.24) is 4.98 Å². The maximum atomic E-state index is 10.5. The minimum Gasteiger partial charge on any atom is -0.489 e. The number of pyridine rings is 1. The van der Waals surface area contributed by atoms with Gasteiger partial charge in [0.25, 0.3) is 0 Å². The molecule has 0 bridgehead atoms. The Bertz CT molecular complexity index is 508. The van der Waals surface area contributed by atoms with E-state index in [0.29, 0.717) is 6.61 Å². The summed E-state index contributed by atoms with van der Waals surface area (Å²) in [6.07, 6.45) is 3.47. The molecule has 0 aliphatic carbocycles. The van der Waals surface area contributed by atoms with Gasteiger partial charge >= 0.3 is 5.97 Å². The Kier molecular flexibility index (Phi) is 3.91. The molecule has 2 rings (SSSR count). The zero-order valence-corrected chi connectivity index (χ0v) is 9.74. The molecule has 4 heteroatoms. The van der Waals surface area contributed by atoms with Gasteiger partial charge in [0, 0.05) is 12.4 Å². The van der Waals surface area contributed by atoms with E-state index in [1.165, 1.54) is 0 Å². The molecule has 0 saturated carbocycles. The maximum absolute atomic E-state index is 10.5. The summed E-state index contributed by atoms with van der Waals surface area (Å²) in [5.74, 6) is -0.110. The predicted octanol–water partition coefficient (Wildman–Crippen LogP) is 2.29. The van der Waals surface area contributed by atoms with E-state index in [2.05, 4.69) is 4.98 Å². The number of carboxylic acid groups (broad SMARTS) is 1. The van der Waals surface area contributed by atoms with Crippen LogP contribution in [0.5, 0.6) is 5.75 Å². The highest BCUT2D eigenvalue weighted by atomic mass is 16.5. The van der Waals surface area contributed by atoms with E-state index < -0.39 is 5.97 Å². The van der Waals surface area contributed by atoms with Crippen LogP contribution in [0, 0.1) is 0 Å². The third-order valence-electron chi connectivity index (χ3n) is 2.43. The number of hydrogen-bond donors (Lipinski definition) is 1. The quantitative estimate of drug-likeness (QED) is 0.875. The van der Waals surface area contributed by atoms with E-state index in [9.17, 15) is 4.79 Å². The van der Waals surface area contributed by atoms with E-state index in [-0.39, 0.29) is 6.42 Å². The van der Waals surface area contributed by atoms with Crippen LogP contribution < -0.4 is 4.74 Å². The Morgan fingerprint density at radius 3 is 2.33 bits per heavy atom. The van der Waals surface area contributed by atoms with Gasteiger partial charge in [0.1, 0.15) is 12.4 Å². The molecule has 2 aromatic rings. The Balaban J connectivity index is 1.92. The van der Waals surface area contributed by atoms with E-state index in [1.54, 1.807) is 36.7 Å². The fourth-order valence-corrected chi connectivity index (χ4v) is 1.52. The van der Waals surface area contributed by atoms with E-state index in [0.717, 1.165) is 16.9 Å². The van der Waals surface area contributed by atoms with Crippen molar-refractivity contribution < 1.29 is 14.6 Å². The summed E-state index contributed by atoms with van der Waals surface area (Å²) in [5.41, 5.74) is 1.80. The average Bonchev–Trinajstić information content (AvgIpc) is 2.38. The van der Waals surface area contributed by atoms with Crippen LogP contribution in [0.3, 0.4) is 0 Å². The van der Waals surface area contributed by atoms with Gasteiger partial charge in [-0.3, -0.25) is 9.78 Å². The first kappa shape index (κ1) is 12.1. The van der Waals surface area contributed by atoms with Crippen LogP contribution in [0.1, 0.15) is 11.1 Å². The molecule has 0 atom stereocenters. The molecular weight excluding hydrogens is 230 g/mol. The molecule has 0 radical (unpaired) electrons. The standard InChI is InChI=1S/C14H13NO3/c16-14(17)9-11-1-3-13(4-2-11)18-10-12-5-7-15-8-6-12/h1-8H,9-10H2,(H,16,17). The van der Waals surface area contributed by atoms with Crippen molar-refractivity contribution in [2.75, 3.05) is 0 Å². The molecule has 92 valence electrons. The summed E-state index contributed by atoms with van der Waals surface area (Å²) in [5, 5.41) is 8.65. The van der Waals surface area contributed by atoms with Crippen molar-refractivity contribution in [3.8, 4) is 5.75 Å². The zero-order valence-electron chi connectivity index (χ0n) is 9.74. The van der Waals surface area contributed by atoms with Crippen LogP contribution >= 0.6 is 0 Å². The number of hydrogen-bond acceptors (Lipinski definition) is 3. The Hall–Kier alpha value is -2.36. The summed E-state index contributed by atoms with van der Waals surface area (Å²) in [6, 6.07) is 10.8. The van der Waals surface area contributed by atoms with Crippen molar-refractivity contribution in [2.24, 2.45) is 0 Å². The van der Waals surface area contributed by atoms with Gasteiger partial charge in [-0.25, -0.2) is 0 Å². The molecule has 1 aromatic carbocycles. The second kappa shape index (κ2) is 5.82. The van der Waals surface area contributed by atoms with E-state index in [1.807, 2.05) is 12.1 Å². The molecule has 18 heavy (non-hydrogen) atoms. The van der Waals surface area contributed by atoms with Crippen molar-refractivity contribution in [3.63, 3.8) is 0 Å². The van der Waals surface area contributed by atoms with Crippen LogP contribution in [0.25, 0.3) is 0 Å². The number of aromatic nitrogens is 1. The minimum absolute atomic E-state index is 0.0324. The van der Waals surface area contributed by atoms with Crippen LogP contribution in [-0.2, 0) is 17.8 Å². The van der Waals surface area contributed by atoms with Crippen LogP contribution in [-0.4, -0.2) is 16.1 Å². The Morgan fingerprint density at radius 2 is 1.72 bits per heavy atom. The van der Waals surface area contributed by atoms with Crippen LogP contribution in [0.2, 0.25) is 0 Å². The van der Waals surface area contributed by atoms with Crippen molar-refractivity contribution in [2.45, 2.75) is 13.0 Å². The molecule has 0 spiro atoms. The summed E-state index contributed by atoms with van der Waals surface area (Å²) < 4.78 is 5.58. The minimum atomic E-state index is -0.833. The molecule has 4 nitrogen and oxygen atoms in total. The fourth-order valence-electron chi connectivity index (χ4n) is 1.52. The normalized spacial score (nSPS) is 10.0. The predicted molar refractivity (Wildman–Crippen MR) is 66.4 cm³/mol. The first-order valence-electron chi connectivity index (χ1n) is 5.56. The van der Waals surface area contributed by atoms with E-state index in [4.69, 9.17) is 9.84 Å². The fraction of sp³-hybridized carbons (Fsp3) is 0.143. The number of nitrogens with zero attached hydrogens (tertiary/aromatic N) is 1. The van der Waals surface area contributed by atoms with Gasteiger partial charge in [-0.15, -0.1) is 0 Å². The molecule has 1 heterocycles. The SMILES string of the molecule is O=C(O)Cc1ccc(OCc2ccncc2)cc1. The van der Waals surface area contributed by atoms with Gasteiger partial charge in [-0.1, -0.05) is 12.1 Å². The van der Waals surface area contributed by atoms with Gasteiger partial charge in [-0.2, -0.15) is 0 Å². The summed E-state index contributed by atoms with van der Waals surface area (Å²) in [7, 11) is 0. The largest absolute Gasteiger partial charge is 0.489 e. The van der Waals surface area contributed by atoms with Crippen molar-refractivity contribution >= 4 is 5.97 Å². The molecule has 1 aromatic heterocycles. The van der Waals surface area contributed by atoms with Gasteiger partial charge in [0.2, 0.25) is 0 Å². The summed E-state index contributed by atoms with van der Waals surface area (Å²) in [4.78, 5) is 14.5. The van der Waals surface area contributed by atoms with Crippen LogP contribution in [0.4, 0.5) is 0 Å². The molecule has 0 aliphatic heterocycles. The number of benzene rings is 1. The van der Waals surface area contributed by atoms with Gasteiger partial charge in [-0.05, 0) is 35.4 Å².